The maximum Gasteiger partial charge on any atom is 0.147 e. The van der Waals surface area contributed by atoms with Gasteiger partial charge in [0.15, 0.2) is 0 Å². The highest BCUT2D eigenvalue weighted by molar-refractivity contribution is 5.21. The molecule has 1 heterocycles. The number of hydrogen-bond acceptors (Lipinski definition) is 1. The molecule has 0 saturated heterocycles. The first-order valence-corrected chi connectivity index (χ1v) is 3.74. The Morgan fingerprint density at radius 2 is 2.09 bits per heavy atom. The standard InChI is InChI=1S/C9H12FN/c1-6(2)8-4-5-11-7(3)9(8)10/h4-6H,1-3H3. The van der Waals surface area contributed by atoms with Crippen molar-refractivity contribution < 1.29 is 4.39 Å². The van der Waals surface area contributed by atoms with E-state index in [1.807, 2.05) is 13.8 Å². The minimum atomic E-state index is -0.164. The quantitative estimate of drug-likeness (QED) is 0.604. The van der Waals surface area contributed by atoms with Crippen LogP contribution in [-0.2, 0) is 0 Å². The van der Waals surface area contributed by atoms with E-state index in [9.17, 15) is 4.39 Å². The number of rotatable bonds is 1. The van der Waals surface area contributed by atoms with E-state index in [0.717, 1.165) is 5.56 Å². The zero-order valence-electron chi connectivity index (χ0n) is 7.06. The van der Waals surface area contributed by atoms with Gasteiger partial charge in [0.1, 0.15) is 5.82 Å². The summed E-state index contributed by atoms with van der Waals surface area (Å²) in [5.74, 6) is 0.0687. The van der Waals surface area contributed by atoms with Crippen LogP contribution in [0.5, 0.6) is 0 Å². The highest BCUT2D eigenvalue weighted by Crippen LogP contribution is 2.18. The molecule has 0 aromatic carbocycles. The van der Waals surface area contributed by atoms with E-state index in [4.69, 9.17) is 0 Å². The molecule has 0 unspecified atom stereocenters. The van der Waals surface area contributed by atoms with Crippen molar-refractivity contribution >= 4 is 0 Å². The van der Waals surface area contributed by atoms with E-state index >= 15 is 0 Å². The number of pyridine rings is 1. The maximum absolute atomic E-state index is 13.2. The number of halogens is 1. The van der Waals surface area contributed by atoms with Crippen LogP contribution in [0.25, 0.3) is 0 Å². The van der Waals surface area contributed by atoms with Gasteiger partial charge in [-0.1, -0.05) is 13.8 Å². The van der Waals surface area contributed by atoms with Gasteiger partial charge in [-0.3, -0.25) is 4.98 Å². The first-order valence-electron chi connectivity index (χ1n) is 3.74. The molecule has 0 bridgehead atoms. The van der Waals surface area contributed by atoms with E-state index in [1.54, 1.807) is 19.2 Å². The number of nitrogens with zero attached hydrogens (tertiary/aromatic N) is 1. The second kappa shape index (κ2) is 2.99. The van der Waals surface area contributed by atoms with Crippen molar-refractivity contribution in [1.82, 2.24) is 4.98 Å². The van der Waals surface area contributed by atoms with Crippen LogP contribution in [0, 0.1) is 12.7 Å². The van der Waals surface area contributed by atoms with Crippen LogP contribution in [0.15, 0.2) is 12.3 Å². The van der Waals surface area contributed by atoms with Crippen LogP contribution in [0.1, 0.15) is 31.0 Å². The third-order valence-corrected chi connectivity index (χ3v) is 1.72. The minimum Gasteiger partial charge on any atom is -0.259 e. The lowest BCUT2D eigenvalue weighted by Gasteiger charge is -2.06. The number of aryl methyl sites for hydroxylation is 1. The number of aromatic nitrogens is 1. The molecule has 1 nitrogen and oxygen atoms in total. The molecule has 1 aromatic heterocycles. The van der Waals surface area contributed by atoms with Crippen molar-refractivity contribution in [3.63, 3.8) is 0 Å². The molecule has 0 amide bonds. The lowest BCUT2D eigenvalue weighted by atomic mass is 10.0. The Bertz CT molecular complexity index is 256. The molecular weight excluding hydrogens is 141 g/mol. The molecule has 1 rings (SSSR count). The van der Waals surface area contributed by atoms with Crippen molar-refractivity contribution in [2.24, 2.45) is 0 Å². The predicted molar refractivity (Wildman–Crippen MR) is 43.0 cm³/mol. The van der Waals surface area contributed by atoms with Gasteiger partial charge < -0.3 is 0 Å². The summed E-state index contributed by atoms with van der Waals surface area (Å²) in [4.78, 5) is 3.85. The molecule has 0 atom stereocenters. The fourth-order valence-corrected chi connectivity index (χ4v) is 1.01. The Hall–Kier alpha value is -0.920. The maximum atomic E-state index is 13.2. The fraction of sp³-hybridized carbons (Fsp3) is 0.444. The first kappa shape index (κ1) is 8.18. The molecule has 0 spiro atoms. The molecular formula is C9H12FN. The Kier molecular flexibility index (Phi) is 2.22. The van der Waals surface area contributed by atoms with E-state index < -0.39 is 0 Å². The average molecular weight is 153 g/mol. The Labute approximate surface area is 66.3 Å². The van der Waals surface area contributed by atoms with Crippen molar-refractivity contribution in [1.29, 1.82) is 0 Å². The Balaban J connectivity index is 3.17. The molecule has 0 aliphatic carbocycles. The molecule has 2 heteroatoms. The van der Waals surface area contributed by atoms with E-state index in [0.29, 0.717) is 5.69 Å². The molecule has 0 N–H and O–H groups in total. The summed E-state index contributed by atoms with van der Waals surface area (Å²) in [5, 5.41) is 0. The lowest BCUT2D eigenvalue weighted by molar-refractivity contribution is 0.581. The molecule has 0 aliphatic rings. The van der Waals surface area contributed by atoms with Crippen LogP contribution >= 0.6 is 0 Å². The van der Waals surface area contributed by atoms with Crippen LogP contribution in [0.2, 0.25) is 0 Å². The second-order valence-electron chi connectivity index (χ2n) is 2.95. The zero-order chi connectivity index (χ0) is 8.43. The summed E-state index contributed by atoms with van der Waals surface area (Å²) >= 11 is 0. The fourth-order valence-electron chi connectivity index (χ4n) is 1.01. The van der Waals surface area contributed by atoms with Gasteiger partial charge in [-0.15, -0.1) is 0 Å². The van der Waals surface area contributed by atoms with Gasteiger partial charge in [-0.05, 0) is 24.5 Å². The van der Waals surface area contributed by atoms with Crippen LogP contribution in [-0.4, -0.2) is 4.98 Å². The molecule has 0 saturated carbocycles. The lowest BCUT2D eigenvalue weighted by Crippen LogP contribution is -1.97. The monoisotopic (exact) mass is 153 g/mol. The van der Waals surface area contributed by atoms with Crippen LogP contribution in [0.3, 0.4) is 0 Å². The van der Waals surface area contributed by atoms with E-state index in [1.165, 1.54) is 0 Å². The summed E-state index contributed by atoms with van der Waals surface area (Å²) in [7, 11) is 0. The predicted octanol–water partition coefficient (Wildman–Crippen LogP) is 2.65. The van der Waals surface area contributed by atoms with Gasteiger partial charge in [0.25, 0.3) is 0 Å². The highest BCUT2D eigenvalue weighted by atomic mass is 19.1. The second-order valence-corrected chi connectivity index (χ2v) is 2.95. The molecule has 0 fully saturated rings. The minimum absolute atomic E-state index is 0.164. The van der Waals surface area contributed by atoms with Gasteiger partial charge >= 0.3 is 0 Å². The first-order chi connectivity index (χ1) is 5.13. The number of hydrogen-bond donors (Lipinski definition) is 0. The summed E-state index contributed by atoms with van der Waals surface area (Å²) < 4.78 is 13.2. The molecule has 0 aliphatic heterocycles. The van der Waals surface area contributed by atoms with Crippen LogP contribution < -0.4 is 0 Å². The topological polar surface area (TPSA) is 12.9 Å². The van der Waals surface area contributed by atoms with Gasteiger partial charge in [0.05, 0.1) is 5.69 Å². The van der Waals surface area contributed by atoms with Crippen molar-refractivity contribution in [2.75, 3.05) is 0 Å². The average Bonchev–Trinajstić information content (AvgIpc) is 1.94. The van der Waals surface area contributed by atoms with Crippen molar-refractivity contribution in [2.45, 2.75) is 26.7 Å². The van der Waals surface area contributed by atoms with Crippen LogP contribution in [0.4, 0.5) is 4.39 Å². The third kappa shape index (κ3) is 1.56. The van der Waals surface area contributed by atoms with E-state index in [2.05, 4.69) is 4.98 Å². The highest BCUT2D eigenvalue weighted by Gasteiger charge is 2.07. The zero-order valence-corrected chi connectivity index (χ0v) is 7.06. The summed E-state index contributed by atoms with van der Waals surface area (Å²) in [5.41, 5.74) is 1.23. The normalized spacial score (nSPS) is 10.6. The largest absolute Gasteiger partial charge is 0.259 e. The smallest absolute Gasteiger partial charge is 0.147 e. The molecule has 11 heavy (non-hydrogen) atoms. The van der Waals surface area contributed by atoms with Gasteiger partial charge in [0, 0.05) is 6.20 Å². The van der Waals surface area contributed by atoms with Crippen molar-refractivity contribution in [3.05, 3.63) is 29.3 Å². The molecule has 60 valence electrons. The van der Waals surface area contributed by atoms with Crippen molar-refractivity contribution in [3.8, 4) is 0 Å². The third-order valence-electron chi connectivity index (χ3n) is 1.72. The SMILES string of the molecule is Cc1nccc(C(C)C)c1F. The van der Waals surface area contributed by atoms with Gasteiger partial charge in [-0.25, -0.2) is 4.39 Å². The van der Waals surface area contributed by atoms with Gasteiger partial charge in [-0.2, -0.15) is 0 Å². The molecule has 0 radical (unpaired) electrons. The van der Waals surface area contributed by atoms with Gasteiger partial charge in [0.2, 0.25) is 0 Å². The summed E-state index contributed by atoms with van der Waals surface area (Å²) in [6.45, 7) is 5.62. The summed E-state index contributed by atoms with van der Waals surface area (Å²) in [6.07, 6.45) is 1.65. The Morgan fingerprint density at radius 1 is 1.45 bits per heavy atom. The Morgan fingerprint density at radius 3 is 2.55 bits per heavy atom. The molecule has 1 aromatic rings. The van der Waals surface area contributed by atoms with E-state index in [-0.39, 0.29) is 11.7 Å². The summed E-state index contributed by atoms with van der Waals surface area (Å²) in [6, 6.07) is 1.73.